The summed E-state index contributed by atoms with van der Waals surface area (Å²) in [7, 11) is 0. The van der Waals surface area contributed by atoms with Crippen molar-refractivity contribution in [3.05, 3.63) is 48.5 Å². The number of rotatable bonds is 1. The minimum atomic E-state index is 0.242. The van der Waals surface area contributed by atoms with Gasteiger partial charge in [0.25, 0.3) is 0 Å². The first-order valence-electron chi connectivity index (χ1n) is 4.48. The summed E-state index contributed by atoms with van der Waals surface area (Å²) in [5.74, 6) is 0.242. The van der Waals surface area contributed by atoms with Crippen LogP contribution in [0.15, 0.2) is 48.5 Å². The molecule has 14 heavy (non-hydrogen) atoms. The van der Waals surface area contributed by atoms with Gasteiger partial charge in [-0.15, -0.1) is 0 Å². The number of aromatic hydroxyl groups is 1. The molecular formula is C12H12NO+. The van der Waals surface area contributed by atoms with Crippen molar-refractivity contribution in [2.24, 2.45) is 0 Å². The van der Waals surface area contributed by atoms with Gasteiger partial charge >= 0.3 is 0 Å². The molecule has 2 rings (SSSR count). The van der Waals surface area contributed by atoms with E-state index in [9.17, 15) is 5.11 Å². The van der Waals surface area contributed by atoms with Gasteiger partial charge in [-0.2, -0.15) is 0 Å². The Morgan fingerprint density at radius 3 is 2.21 bits per heavy atom. The molecule has 70 valence electrons. The largest absolute Gasteiger partial charge is 0.503 e. The first-order chi connectivity index (χ1) is 6.77. The summed E-state index contributed by atoms with van der Waals surface area (Å²) in [6.07, 6.45) is 0. The smallest absolute Gasteiger partial charge is 0.177 e. The Hall–Kier alpha value is -1.80. The third-order valence-electron chi connectivity index (χ3n) is 2.19. The summed E-state index contributed by atoms with van der Waals surface area (Å²) in [6.45, 7) is 0. The fourth-order valence-corrected chi connectivity index (χ4v) is 1.37. The van der Waals surface area contributed by atoms with Crippen molar-refractivity contribution in [2.75, 3.05) is 0 Å². The van der Waals surface area contributed by atoms with E-state index >= 15 is 0 Å². The van der Waals surface area contributed by atoms with Crippen LogP contribution in [0.2, 0.25) is 0 Å². The molecule has 0 aromatic heterocycles. The fraction of sp³-hybridized carbons (Fsp3) is 0. The molecule has 0 amide bonds. The third-order valence-corrected chi connectivity index (χ3v) is 2.19. The molecule has 2 aromatic rings. The van der Waals surface area contributed by atoms with E-state index < -0.39 is 0 Å². The Labute approximate surface area is 82.6 Å². The number of phenols is 1. The van der Waals surface area contributed by atoms with Crippen LogP contribution in [0.5, 0.6) is 5.75 Å². The van der Waals surface area contributed by atoms with Gasteiger partial charge in [0.1, 0.15) is 0 Å². The van der Waals surface area contributed by atoms with E-state index in [1.165, 1.54) is 0 Å². The average Bonchev–Trinajstić information content (AvgIpc) is 2.23. The van der Waals surface area contributed by atoms with Crippen molar-refractivity contribution in [1.29, 1.82) is 0 Å². The Balaban J connectivity index is 2.48. The van der Waals surface area contributed by atoms with Crippen molar-refractivity contribution in [3.8, 4) is 16.9 Å². The van der Waals surface area contributed by atoms with Gasteiger partial charge in [0.05, 0.1) is 0 Å². The highest BCUT2D eigenvalue weighted by Crippen LogP contribution is 2.26. The SMILES string of the molecule is [NH3+]c1ccc(-c2ccccc2)cc1O. The first-order valence-corrected chi connectivity index (χ1v) is 4.48. The molecular weight excluding hydrogens is 174 g/mol. The molecule has 0 aliphatic carbocycles. The van der Waals surface area contributed by atoms with Crippen molar-refractivity contribution < 1.29 is 10.8 Å². The molecule has 2 nitrogen and oxygen atoms in total. The molecule has 0 heterocycles. The fourth-order valence-electron chi connectivity index (χ4n) is 1.37. The molecule has 0 atom stereocenters. The Bertz CT molecular complexity index is 437. The maximum Gasteiger partial charge on any atom is 0.177 e. The molecule has 0 saturated carbocycles. The van der Waals surface area contributed by atoms with Gasteiger partial charge in [0, 0.05) is 6.07 Å². The zero-order valence-corrected chi connectivity index (χ0v) is 7.77. The zero-order chi connectivity index (χ0) is 9.97. The van der Waals surface area contributed by atoms with Crippen LogP contribution in [0.3, 0.4) is 0 Å². The summed E-state index contributed by atoms with van der Waals surface area (Å²) >= 11 is 0. The number of hydrogen-bond donors (Lipinski definition) is 2. The topological polar surface area (TPSA) is 47.9 Å². The first kappa shape index (κ1) is 8.78. The van der Waals surface area contributed by atoms with Gasteiger partial charge in [-0.05, 0) is 23.3 Å². The van der Waals surface area contributed by atoms with E-state index in [1.54, 1.807) is 6.07 Å². The molecule has 0 saturated heterocycles. The maximum absolute atomic E-state index is 9.50. The highest BCUT2D eigenvalue weighted by atomic mass is 16.3. The van der Waals surface area contributed by atoms with Crippen LogP contribution in [0, 0.1) is 0 Å². The Kier molecular flexibility index (Phi) is 2.21. The van der Waals surface area contributed by atoms with Crippen LogP contribution in [-0.2, 0) is 0 Å². The van der Waals surface area contributed by atoms with Crippen LogP contribution in [0.25, 0.3) is 11.1 Å². The van der Waals surface area contributed by atoms with Crippen LogP contribution in [0.1, 0.15) is 0 Å². The molecule has 4 N–H and O–H groups in total. The van der Waals surface area contributed by atoms with Crippen molar-refractivity contribution in [2.45, 2.75) is 0 Å². The van der Waals surface area contributed by atoms with E-state index in [0.29, 0.717) is 5.69 Å². The standard InChI is InChI=1S/C12H11NO/c13-11-7-6-10(8-12(11)14)9-4-2-1-3-5-9/h1-8,14H,13H2/p+1. The lowest BCUT2D eigenvalue weighted by Crippen LogP contribution is -2.40. The summed E-state index contributed by atoms with van der Waals surface area (Å²) in [5.41, 5.74) is 6.47. The van der Waals surface area contributed by atoms with Crippen LogP contribution < -0.4 is 5.73 Å². The number of quaternary nitrogens is 1. The van der Waals surface area contributed by atoms with Gasteiger partial charge < -0.3 is 10.8 Å². The molecule has 0 fully saturated rings. The predicted octanol–water partition coefficient (Wildman–Crippen LogP) is 1.93. The van der Waals surface area contributed by atoms with Gasteiger partial charge in [-0.1, -0.05) is 30.3 Å². The van der Waals surface area contributed by atoms with Crippen LogP contribution >= 0.6 is 0 Å². The third kappa shape index (κ3) is 1.60. The van der Waals surface area contributed by atoms with E-state index in [4.69, 9.17) is 0 Å². The second kappa shape index (κ2) is 3.52. The molecule has 0 bridgehead atoms. The quantitative estimate of drug-likeness (QED) is 0.702. The van der Waals surface area contributed by atoms with Gasteiger partial charge in [0.15, 0.2) is 11.4 Å². The summed E-state index contributed by atoms with van der Waals surface area (Å²) in [5, 5.41) is 9.50. The highest BCUT2D eigenvalue weighted by Gasteiger charge is 2.02. The second-order valence-corrected chi connectivity index (χ2v) is 3.21. The van der Waals surface area contributed by atoms with Crippen molar-refractivity contribution >= 4 is 5.69 Å². The average molecular weight is 186 g/mol. The Morgan fingerprint density at radius 2 is 1.57 bits per heavy atom. The van der Waals surface area contributed by atoms with Gasteiger partial charge in [-0.3, -0.25) is 0 Å². The summed E-state index contributed by atoms with van der Waals surface area (Å²) in [4.78, 5) is 0. The highest BCUT2D eigenvalue weighted by molar-refractivity contribution is 5.67. The van der Waals surface area contributed by atoms with E-state index in [-0.39, 0.29) is 5.75 Å². The molecule has 0 spiro atoms. The minimum absolute atomic E-state index is 0.242. The predicted molar refractivity (Wildman–Crippen MR) is 56.1 cm³/mol. The Morgan fingerprint density at radius 1 is 0.857 bits per heavy atom. The lowest BCUT2D eigenvalue weighted by atomic mass is 10.1. The van der Waals surface area contributed by atoms with E-state index in [1.807, 2.05) is 42.5 Å². The second-order valence-electron chi connectivity index (χ2n) is 3.21. The number of hydrogen-bond acceptors (Lipinski definition) is 1. The lowest BCUT2D eigenvalue weighted by molar-refractivity contribution is -0.256. The van der Waals surface area contributed by atoms with Crippen LogP contribution in [0.4, 0.5) is 5.69 Å². The number of benzene rings is 2. The van der Waals surface area contributed by atoms with Gasteiger partial charge in [0.2, 0.25) is 0 Å². The van der Waals surface area contributed by atoms with Gasteiger partial charge in [-0.25, -0.2) is 0 Å². The molecule has 0 unspecified atom stereocenters. The van der Waals surface area contributed by atoms with Crippen molar-refractivity contribution in [1.82, 2.24) is 0 Å². The van der Waals surface area contributed by atoms with E-state index in [2.05, 4.69) is 5.73 Å². The monoisotopic (exact) mass is 186 g/mol. The molecule has 0 aliphatic rings. The number of phenolic OH excluding ortho intramolecular Hbond substituents is 1. The lowest BCUT2D eigenvalue weighted by Gasteiger charge is -2.01. The maximum atomic E-state index is 9.50. The van der Waals surface area contributed by atoms with Crippen LogP contribution in [-0.4, -0.2) is 5.11 Å². The molecule has 2 heteroatoms. The molecule has 0 radical (unpaired) electrons. The molecule has 2 aromatic carbocycles. The zero-order valence-electron chi connectivity index (χ0n) is 7.77. The molecule has 0 aliphatic heterocycles. The summed E-state index contributed by atoms with van der Waals surface area (Å²) in [6, 6.07) is 15.5. The summed E-state index contributed by atoms with van der Waals surface area (Å²) < 4.78 is 0. The van der Waals surface area contributed by atoms with Crippen molar-refractivity contribution in [3.63, 3.8) is 0 Å². The normalized spacial score (nSPS) is 10.1. The minimum Gasteiger partial charge on any atom is -0.503 e. The van der Waals surface area contributed by atoms with E-state index in [0.717, 1.165) is 11.1 Å².